The van der Waals surface area contributed by atoms with Gasteiger partial charge in [0.25, 0.3) is 0 Å². The van der Waals surface area contributed by atoms with Crippen LogP contribution in [0.1, 0.15) is 12.5 Å². The maximum absolute atomic E-state index is 10.9. The third-order valence-corrected chi connectivity index (χ3v) is 2.70. The van der Waals surface area contributed by atoms with Crippen LogP contribution in [0.25, 0.3) is 0 Å². The minimum Gasteiger partial charge on any atom is -0.497 e. The Balaban J connectivity index is 3.11. The SMILES string of the molecule is COc1ccc(OC)c(C/C(C=O)=C(/C)Cl)c1. The van der Waals surface area contributed by atoms with Crippen LogP contribution in [-0.2, 0) is 11.2 Å². The number of halogens is 1. The van der Waals surface area contributed by atoms with Crippen molar-refractivity contribution in [2.75, 3.05) is 14.2 Å². The van der Waals surface area contributed by atoms with Gasteiger partial charge in [0.1, 0.15) is 17.8 Å². The Hall–Kier alpha value is -1.48. The number of carbonyl (C=O) groups is 1. The maximum Gasteiger partial charge on any atom is 0.147 e. The summed E-state index contributed by atoms with van der Waals surface area (Å²) in [6.07, 6.45) is 1.19. The maximum atomic E-state index is 10.9. The van der Waals surface area contributed by atoms with Gasteiger partial charge in [-0.25, -0.2) is 0 Å². The highest BCUT2D eigenvalue weighted by molar-refractivity contribution is 6.30. The monoisotopic (exact) mass is 254 g/mol. The van der Waals surface area contributed by atoms with Gasteiger partial charge in [0.05, 0.1) is 14.2 Å². The number of aldehydes is 1. The molecule has 4 heteroatoms. The normalized spacial score (nSPS) is 11.8. The van der Waals surface area contributed by atoms with E-state index in [-0.39, 0.29) is 0 Å². The Morgan fingerprint density at radius 1 is 1.35 bits per heavy atom. The summed E-state index contributed by atoms with van der Waals surface area (Å²) >= 11 is 5.84. The molecule has 1 aromatic rings. The summed E-state index contributed by atoms with van der Waals surface area (Å²) in [7, 11) is 3.18. The summed E-state index contributed by atoms with van der Waals surface area (Å²) < 4.78 is 10.4. The molecule has 0 heterocycles. The van der Waals surface area contributed by atoms with Gasteiger partial charge in [-0.1, -0.05) is 11.6 Å². The summed E-state index contributed by atoms with van der Waals surface area (Å²) in [5, 5.41) is 0.491. The zero-order valence-electron chi connectivity index (χ0n) is 10.1. The topological polar surface area (TPSA) is 35.5 Å². The number of allylic oxidation sites excluding steroid dienone is 2. The lowest BCUT2D eigenvalue weighted by Gasteiger charge is -2.10. The first-order valence-corrected chi connectivity index (χ1v) is 5.51. The third kappa shape index (κ3) is 3.49. The average Bonchev–Trinajstić information content (AvgIpc) is 2.35. The number of rotatable bonds is 5. The zero-order valence-corrected chi connectivity index (χ0v) is 10.9. The van der Waals surface area contributed by atoms with Crippen molar-refractivity contribution in [1.29, 1.82) is 0 Å². The van der Waals surface area contributed by atoms with E-state index in [0.717, 1.165) is 17.6 Å². The molecule has 0 radical (unpaired) electrons. The third-order valence-electron chi connectivity index (χ3n) is 2.45. The number of hydrogen-bond acceptors (Lipinski definition) is 3. The van der Waals surface area contributed by atoms with Crippen LogP contribution in [0.4, 0.5) is 0 Å². The molecule has 0 N–H and O–H groups in total. The summed E-state index contributed by atoms with van der Waals surface area (Å²) in [4.78, 5) is 10.9. The number of methoxy groups -OCH3 is 2. The first kappa shape index (κ1) is 13.6. The Morgan fingerprint density at radius 2 is 2.06 bits per heavy atom. The Kier molecular flexibility index (Phi) is 5.04. The van der Waals surface area contributed by atoms with Crippen molar-refractivity contribution < 1.29 is 14.3 Å². The van der Waals surface area contributed by atoms with E-state index in [1.807, 2.05) is 6.07 Å². The number of carbonyl (C=O) groups excluding carboxylic acids is 1. The Morgan fingerprint density at radius 3 is 2.53 bits per heavy atom. The highest BCUT2D eigenvalue weighted by Gasteiger charge is 2.09. The van der Waals surface area contributed by atoms with Crippen molar-refractivity contribution >= 4 is 17.9 Å². The second-order valence-corrected chi connectivity index (χ2v) is 4.10. The molecule has 17 heavy (non-hydrogen) atoms. The Labute approximate surface area is 106 Å². The molecule has 0 amide bonds. The van der Waals surface area contributed by atoms with E-state index < -0.39 is 0 Å². The summed E-state index contributed by atoms with van der Waals surface area (Å²) in [5.41, 5.74) is 1.41. The van der Waals surface area contributed by atoms with Gasteiger partial charge < -0.3 is 9.47 Å². The molecule has 0 atom stereocenters. The predicted molar refractivity (Wildman–Crippen MR) is 67.9 cm³/mol. The first-order valence-electron chi connectivity index (χ1n) is 5.13. The number of ether oxygens (including phenoxy) is 2. The van der Waals surface area contributed by atoms with Gasteiger partial charge in [0.2, 0.25) is 0 Å². The molecule has 0 unspecified atom stereocenters. The van der Waals surface area contributed by atoms with Crippen LogP contribution in [0.15, 0.2) is 28.8 Å². The van der Waals surface area contributed by atoms with E-state index in [1.165, 1.54) is 0 Å². The predicted octanol–water partition coefficient (Wildman–Crippen LogP) is 2.96. The molecular weight excluding hydrogens is 240 g/mol. The molecule has 0 saturated carbocycles. The summed E-state index contributed by atoms with van der Waals surface area (Å²) in [6.45, 7) is 1.69. The molecule has 0 spiro atoms. The van der Waals surface area contributed by atoms with Gasteiger partial charge in [-0.05, 0) is 25.1 Å². The lowest BCUT2D eigenvalue weighted by Crippen LogP contribution is -1.98. The van der Waals surface area contributed by atoms with Crippen LogP contribution >= 0.6 is 11.6 Å². The lowest BCUT2D eigenvalue weighted by molar-refractivity contribution is -0.105. The van der Waals surface area contributed by atoms with Crippen molar-refractivity contribution in [2.45, 2.75) is 13.3 Å². The minimum atomic E-state index is 0.430. The molecule has 0 bridgehead atoms. The molecule has 0 saturated heterocycles. The van der Waals surface area contributed by atoms with Crippen molar-refractivity contribution in [3.8, 4) is 11.5 Å². The zero-order chi connectivity index (χ0) is 12.8. The highest BCUT2D eigenvalue weighted by atomic mass is 35.5. The van der Waals surface area contributed by atoms with Crippen LogP contribution in [0.5, 0.6) is 11.5 Å². The summed E-state index contributed by atoms with van der Waals surface area (Å²) in [5.74, 6) is 1.43. The van der Waals surface area contributed by atoms with Crippen molar-refractivity contribution in [1.82, 2.24) is 0 Å². The van der Waals surface area contributed by atoms with Gasteiger partial charge in [-0.3, -0.25) is 4.79 Å². The van der Waals surface area contributed by atoms with Crippen molar-refractivity contribution in [3.63, 3.8) is 0 Å². The van der Waals surface area contributed by atoms with Crippen LogP contribution in [0.3, 0.4) is 0 Å². The number of hydrogen-bond donors (Lipinski definition) is 0. The largest absolute Gasteiger partial charge is 0.497 e. The van der Waals surface area contributed by atoms with Crippen molar-refractivity contribution in [2.24, 2.45) is 0 Å². The van der Waals surface area contributed by atoms with Crippen LogP contribution in [0.2, 0.25) is 0 Å². The van der Waals surface area contributed by atoms with E-state index >= 15 is 0 Å². The second-order valence-electron chi connectivity index (χ2n) is 3.53. The second kappa shape index (κ2) is 6.30. The van der Waals surface area contributed by atoms with Gasteiger partial charge in [0, 0.05) is 22.6 Å². The Bertz CT molecular complexity index is 434. The molecular formula is C13H15ClO3. The lowest BCUT2D eigenvalue weighted by atomic mass is 10.0. The molecule has 92 valence electrons. The van der Waals surface area contributed by atoms with E-state index in [9.17, 15) is 4.79 Å². The highest BCUT2D eigenvalue weighted by Crippen LogP contribution is 2.26. The number of benzene rings is 1. The molecule has 0 aliphatic carbocycles. The fraction of sp³-hybridized carbons (Fsp3) is 0.308. The van der Waals surface area contributed by atoms with Gasteiger partial charge in [-0.15, -0.1) is 0 Å². The fourth-order valence-electron chi connectivity index (χ4n) is 1.47. The van der Waals surface area contributed by atoms with Crippen LogP contribution in [0, 0.1) is 0 Å². The molecule has 3 nitrogen and oxygen atoms in total. The minimum absolute atomic E-state index is 0.430. The van der Waals surface area contributed by atoms with E-state index in [1.54, 1.807) is 33.3 Å². The van der Waals surface area contributed by atoms with E-state index in [2.05, 4.69) is 0 Å². The van der Waals surface area contributed by atoms with Gasteiger partial charge in [0.15, 0.2) is 0 Å². The van der Waals surface area contributed by atoms with E-state index in [0.29, 0.717) is 22.8 Å². The fourth-order valence-corrected chi connectivity index (χ4v) is 1.58. The standard InChI is InChI=1S/C13H15ClO3/c1-9(14)11(8-15)6-10-7-12(16-2)4-5-13(10)17-3/h4-5,7-8H,6H2,1-3H3/b11-9+. The molecule has 1 rings (SSSR count). The molecule has 0 aliphatic rings. The van der Waals surface area contributed by atoms with Gasteiger partial charge in [-0.2, -0.15) is 0 Å². The molecule has 0 fully saturated rings. The molecule has 0 aliphatic heterocycles. The van der Waals surface area contributed by atoms with Crippen LogP contribution in [-0.4, -0.2) is 20.5 Å². The van der Waals surface area contributed by atoms with Crippen LogP contribution < -0.4 is 9.47 Å². The molecule has 0 aromatic heterocycles. The average molecular weight is 255 g/mol. The molecule has 1 aromatic carbocycles. The first-order chi connectivity index (χ1) is 8.12. The van der Waals surface area contributed by atoms with E-state index in [4.69, 9.17) is 21.1 Å². The van der Waals surface area contributed by atoms with Crippen molar-refractivity contribution in [3.05, 3.63) is 34.4 Å². The quantitative estimate of drug-likeness (QED) is 0.599. The smallest absolute Gasteiger partial charge is 0.147 e. The van der Waals surface area contributed by atoms with Gasteiger partial charge >= 0.3 is 0 Å². The summed E-state index contributed by atoms with van der Waals surface area (Å²) in [6, 6.07) is 5.45.